The average molecular weight is 935 g/mol. The number of nitrogens with zero attached hydrogens (tertiary/aromatic N) is 10. The van der Waals surface area contributed by atoms with Gasteiger partial charge in [-0.25, -0.2) is 37.5 Å². The Hall–Kier alpha value is -7.86. The predicted octanol–water partition coefficient (Wildman–Crippen LogP) is 7.12. The maximum Gasteiger partial charge on any atom is 0.426 e. The van der Waals surface area contributed by atoms with Gasteiger partial charge in [-0.3, -0.25) is 14.2 Å². The van der Waals surface area contributed by atoms with Crippen LogP contribution in [0.2, 0.25) is 0 Å². The number of rotatable bonds is 15. The molecule has 0 saturated heterocycles. The van der Waals surface area contributed by atoms with E-state index < -0.39 is 53.0 Å². The van der Waals surface area contributed by atoms with Crippen molar-refractivity contribution in [1.29, 1.82) is 0 Å². The normalized spacial score (nSPS) is 12.6. The second kappa shape index (κ2) is 19.3. The molecule has 2 aromatic carbocycles. The molecule has 6 heterocycles. The Kier molecular flexibility index (Phi) is 13.6. The molecule has 348 valence electrons. The Morgan fingerprint density at radius 1 is 0.642 bits per heavy atom. The molecular formula is C43H37F7N12O5. The van der Waals surface area contributed by atoms with Crippen LogP contribution in [0.1, 0.15) is 31.9 Å². The smallest absolute Gasteiger partial charge is 0.389 e. The van der Waals surface area contributed by atoms with Crippen LogP contribution in [0.3, 0.4) is 0 Å². The van der Waals surface area contributed by atoms with Gasteiger partial charge in [0.2, 0.25) is 5.60 Å². The number of Topliss-reactive ketones (excluding diaryl/α,β-unsaturated/α-hetero) is 1. The number of benzene rings is 2. The summed E-state index contributed by atoms with van der Waals surface area (Å²) >= 11 is 0. The van der Waals surface area contributed by atoms with Crippen molar-refractivity contribution in [3.05, 3.63) is 132 Å². The lowest BCUT2D eigenvalue weighted by atomic mass is 9.99. The van der Waals surface area contributed by atoms with Crippen molar-refractivity contribution in [3.8, 4) is 45.8 Å². The summed E-state index contributed by atoms with van der Waals surface area (Å²) in [4.78, 5) is 27.4. The highest BCUT2D eigenvalue weighted by atomic mass is 19.4. The number of alkyl halides is 3. The summed E-state index contributed by atoms with van der Waals surface area (Å²) in [5.74, 6) is -5.00. The third kappa shape index (κ3) is 11.0. The number of carbonyl (C=O) groups is 1. The molecule has 67 heavy (non-hydrogen) atoms. The van der Waals surface area contributed by atoms with Crippen molar-refractivity contribution in [2.24, 2.45) is 0 Å². The zero-order valence-corrected chi connectivity index (χ0v) is 35.3. The van der Waals surface area contributed by atoms with E-state index >= 15 is 0 Å². The maximum absolute atomic E-state index is 14.3. The van der Waals surface area contributed by atoms with Gasteiger partial charge in [0.05, 0.1) is 49.0 Å². The average Bonchev–Trinajstić information content (AvgIpc) is 4.13. The Bertz CT molecular complexity index is 2970. The number of aliphatic hydroxyl groups is 2. The van der Waals surface area contributed by atoms with E-state index in [2.05, 4.69) is 45.8 Å². The van der Waals surface area contributed by atoms with Gasteiger partial charge >= 0.3 is 6.18 Å². The van der Waals surface area contributed by atoms with E-state index in [-0.39, 0.29) is 48.6 Å². The van der Waals surface area contributed by atoms with E-state index in [0.29, 0.717) is 52.7 Å². The third-order valence-electron chi connectivity index (χ3n) is 9.71. The Labute approximate surface area is 374 Å². The lowest BCUT2D eigenvalue weighted by molar-refractivity contribution is -0.244. The first-order valence-electron chi connectivity index (χ1n) is 19.8. The lowest BCUT2D eigenvalue weighted by Crippen LogP contribution is -2.56. The van der Waals surface area contributed by atoms with Crippen molar-refractivity contribution in [2.45, 2.75) is 51.2 Å². The molecule has 0 fully saturated rings. The molecule has 0 aliphatic rings. The molecule has 0 aliphatic heterocycles. The monoisotopic (exact) mass is 934 g/mol. The summed E-state index contributed by atoms with van der Waals surface area (Å²) in [6, 6.07) is 18.7. The van der Waals surface area contributed by atoms with Gasteiger partial charge < -0.3 is 29.9 Å². The van der Waals surface area contributed by atoms with Crippen LogP contribution in [0, 0.1) is 23.3 Å². The number of nitrogens with one attached hydrogen (secondary N) is 2. The molecule has 6 aromatic heterocycles. The molecule has 0 radical (unpaired) electrons. The van der Waals surface area contributed by atoms with Crippen LogP contribution in [0.5, 0.6) is 0 Å². The zero-order valence-electron chi connectivity index (χ0n) is 35.3. The molecule has 17 nitrogen and oxygen atoms in total. The number of carbonyl (C=O) groups excluding carboxylic acids is 1. The van der Waals surface area contributed by atoms with Gasteiger partial charge in [-0.2, -0.15) is 23.4 Å². The molecule has 0 aliphatic carbocycles. The minimum absolute atomic E-state index is 0.0294. The minimum atomic E-state index is -5.31. The molecular weight excluding hydrogens is 898 g/mol. The van der Waals surface area contributed by atoms with Crippen LogP contribution < -0.4 is 10.6 Å². The van der Waals surface area contributed by atoms with Crippen LogP contribution in [0.4, 0.5) is 42.4 Å². The third-order valence-corrected chi connectivity index (χ3v) is 9.71. The second-order valence-corrected chi connectivity index (χ2v) is 15.3. The van der Waals surface area contributed by atoms with Gasteiger partial charge in [0.1, 0.15) is 46.9 Å². The van der Waals surface area contributed by atoms with Crippen LogP contribution in [-0.4, -0.2) is 96.3 Å². The molecule has 24 heteroatoms. The van der Waals surface area contributed by atoms with E-state index in [0.717, 1.165) is 6.20 Å². The van der Waals surface area contributed by atoms with Crippen LogP contribution in [0.25, 0.3) is 45.8 Å². The molecule has 0 saturated carbocycles. The predicted molar refractivity (Wildman–Crippen MR) is 223 cm³/mol. The topological polar surface area (TPSA) is 221 Å². The summed E-state index contributed by atoms with van der Waals surface area (Å²) in [6.45, 7) is 2.56. The number of hydrogen-bond donors (Lipinski definition) is 4. The fourth-order valence-corrected chi connectivity index (χ4v) is 6.14. The first-order valence-corrected chi connectivity index (χ1v) is 19.8. The number of aromatic nitrogens is 10. The first-order chi connectivity index (χ1) is 31.8. The van der Waals surface area contributed by atoms with Crippen molar-refractivity contribution in [1.82, 2.24) is 49.8 Å². The van der Waals surface area contributed by atoms with E-state index in [1.54, 1.807) is 61.0 Å². The van der Waals surface area contributed by atoms with E-state index in [4.69, 9.17) is 9.05 Å². The van der Waals surface area contributed by atoms with Crippen molar-refractivity contribution >= 4 is 17.4 Å². The van der Waals surface area contributed by atoms with Crippen molar-refractivity contribution in [2.75, 3.05) is 23.7 Å². The summed E-state index contributed by atoms with van der Waals surface area (Å²) in [7, 11) is 0. The summed E-state index contributed by atoms with van der Waals surface area (Å²) < 4.78 is 109. The number of anilines is 2. The highest BCUT2D eigenvalue weighted by Gasteiger charge is 2.57. The van der Waals surface area contributed by atoms with Gasteiger partial charge in [0.25, 0.3) is 0 Å². The van der Waals surface area contributed by atoms with Gasteiger partial charge in [-0.15, -0.1) is 0 Å². The molecule has 0 bridgehead atoms. The molecule has 1 atom stereocenters. The minimum Gasteiger partial charge on any atom is -0.389 e. The lowest BCUT2D eigenvalue weighted by Gasteiger charge is -2.28. The molecule has 0 unspecified atom stereocenters. The highest BCUT2D eigenvalue weighted by molar-refractivity contribution is 5.86. The van der Waals surface area contributed by atoms with Crippen LogP contribution in [-0.2, 0) is 17.9 Å². The molecule has 0 spiro atoms. The summed E-state index contributed by atoms with van der Waals surface area (Å²) in [5, 5.41) is 41.1. The van der Waals surface area contributed by atoms with Crippen LogP contribution >= 0.6 is 0 Å². The number of hydrogen-bond acceptors (Lipinski definition) is 15. The zero-order chi connectivity index (χ0) is 48.1. The quantitative estimate of drug-likeness (QED) is 0.0752. The maximum atomic E-state index is 14.3. The summed E-state index contributed by atoms with van der Waals surface area (Å²) in [6.07, 6.45) is -0.862. The molecule has 8 rings (SSSR count). The van der Waals surface area contributed by atoms with Crippen LogP contribution in [0.15, 0.2) is 107 Å². The first kappa shape index (κ1) is 47.1. The fourth-order valence-electron chi connectivity index (χ4n) is 6.14. The molecule has 4 N–H and O–H groups in total. The van der Waals surface area contributed by atoms with Gasteiger partial charge in [-0.1, -0.05) is 46.7 Å². The Morgan fingerprint density at radius 2 is 1.07 bits per heavy atom. The standard InChI is InChI=1S/C22H17F5N6O3.C21H20F2N6O2/c1-12(34)21(35,22(25,26)27)11-29-19-15(24)9-28-20(30-19)17-8-18(16-6-7-36-32-16)33(31-17)10-13-4-2-3-5-14(13)23;1-21(2,30)12-25-19-15(23)10-24-20(26-19)17-9-18(16-7-8-31-28-16)29(27-17)11-13-5-3-4-6-14(13)22/h2-9,35H,10-11H2,1H3,(H,28,29,30);3-10,30H,11-12H2,1-2H3,(H,24,25,26)/t21-;/m1./s1. The summed E-state index contributed by atoms with van der Waals surface area (Å²) in [5.41, 5.74) is -1.90. The fraction of sp³-hybridized carbons (Fsp3) is 0.233. The van der Waals surface area contributed by atoms with Gasteiger partial charge in [-0.05, 0) is 45.0 Å². The molecule has 8 aromatic rings. The molecule has 0 amide bonds. The second-order valence-electron chi connectivity index (χ2n) is 15.3. The van der Waals surface area contributed by atoms with Crippen molar-refractivity contribution < 1.29 is 54.8 Å². The van der Waals surface area contributed by atoms with E-state index in [9.17, 15) is 45.7 Å². The number of halogens is 7. The van der Waals surface area contributed by atoms with Crippen molar-refractivity contribution in [3.63, 3.8) is 0 Å². The SMILES string of the molecule is CC(=O)[C@](O)(CNc1nc(-c2cc(-c3ccon3)n(Cc3ccccc3F)n2)ncc1F)C(F)(F)F.CC(C)(O)CNc1nc(-c2cc(-c3ccon3)n(Cc3ccccc3F)n2)ncc1F. The van der Waals surface area contributed by atoms with Gasteiger partial charge in [0, 0.05) is 29.8 Å². The number of ketones is 1. The van der Waals surface area contributed by atoms with E-state index in [1.807, 2.05) is 5.32 Å². The Morgan fingerprint density at radius 3 is 1.45 bits per heavy atom. The highest BCUT2D eigenvalue weighted by Crippen LogP contribution is 2.33. The van der Waals surface area contributed by atoms with E-state index in [1.165, 1.54) is 47.5 Å². The Balaban J connectivity index is 0.000000201. The largest absolute Gasteiger partial charge is 0.426 e. The van der Waals surface area contributed by atoms with Gasteiger partial charge in [0.15, 0.2) is 40.7 Å².